The van der Waals surface area contributed by atoms with Gasteiger partial charge >= 0.3 is 0 Å². The number of nitrogens with zero attached hydrogens (tertiary/aromatic N) is 2. The molecule has 4 rings (SSSR count). The second-order valence-corrected chi connectivity index (χ2v) is 6.05. The summed E-state index contributed by atoms with van der Waals surface area (Å²) in [7, 11) is 0. The molecule has 0 radical (unpaired) electrons. The molecule has 0 spiro atoms. The van der Waals surface area contributed by atoms with Crippen molar-refractivity contribution in [2.45, 2.75) is 6.92 Å². The van der Waals surface area contributed by atoms with Crippen LogP contribution in [0.2, 0.25) is 0 Å². The van der Waals surface area contributed by atoms with Crippen LogP contribution in [0.15, 0.2) is 47.5 Å². The number of carbonyl (C=O) groups is 3. The summed E-state index contributed by atoms with van der Waals surface area (Å²) in [4.78, 5) is 42.4. The first-order valence-corrected chi connectivity index (χ1v) is 7.71. The Morgan fingerprint density at radius 2 is 1.67 bits per heavy atom. The molecule has 5 nitrogen and oxygen atoms in total. The van der Waals surface area contributed by atoms with Crippen LogP contribution < -0.4 is 10.6 Å². The third-order valence-corrected chi connectivity index (χ3v) is 4.37. The lowest BCUT2D eigenvalue weighted by molar-refractivity contribution is -0.120. The molecule has 24 heavy (non-hydrogen) atoms. The van der Waals surface area contributed by atoms with Gasteiger partial charge in [0.1, 0.15) is 0 Å². The van der Waals surface area contributed by atoms with Gasteiger partial charge in [-0.25, -0.2) is 4.99 Å². The van der Waals surface area contributed by atoms with Crippen LogP contribution in [-0.2, 0) is 4.79 Å². The van der Waals surface area contributed by atoms with Crippen LogP contribution in [0.3, 0.4) is 0 Å². The van der Waals surface area contributed by atoms with Crippen molar-refractivity contribution < 1.29 is 14.4 Å². The van der Waals surface area contributed by atoms with Gasteiger partial charge in [0, 0.05) is 6.54 Å². The first-order valence-electron chi connectivity index (χ1n) is 7.71. The number of benzene rings is 2. The van der Waals surface area contributed by atoms with Crippen LogP contribution in [0, 0.1) is 12.8 Å². The summed E-state index contributed by atoms with van der Waals surface area (Å²) in [6.07, 6.45) is 1.79. The van der Waals surface area contributed by atoms with Crippen molar-refractivity contribution in [2.24, 2.45) is 10.9 Å². The molecular weight excluding hydrogens is 304 g/mol. The van der Waals surface area contributed by atoms with Crippen LogP contribution in [0.1, 0.15) is 26.3 Å². The van der Waals surface area contributed by atoms with Crippen LogP contribution in [0.5, 0.6) is 0 Å². The fourth-order valence-corrected chi connectivity index (χ4v) is 3.13. The molecule has 2 aliphatic rings. The summed E-state index contributed by atoms with van der Waals surface area (Å²) >= 11 is 0. The molecule has 2 aliphatic heterocycles. The number of amides is 3. The van der Waals surface area contributed by atoms with Crippen molar-refractivity contribution in [1.29, 1.82) is 0 Å². The van der Waals surface area contributed by atoms with E-state index in [1.807, 2.05) is 19.1 Å². The van der Waals surface area contributed by atoms with E-state index in [0.29, 0.717) is 16.5 Å². The van der Waals surface area contributed by atoms with E-state index >= 15 is 0 Å². The Hall–Kier alpha value is -3.08. The van der Waals surface area contributed by atoms with Crippen molar-refractivity contribution in [3.8, 4) is 0 Å². The molecule has 0 saturated heterocycles. The standard InChI is InChI=1S/C19H14N2O3/c1-11-6-7-16-12(8-11)9-13(17(22)20-16)10-21-18(23)14-4-2-3-5-15(14)19(21)24/h2-9,13H,10H2,1H3. The van der Waals surface area contributed by atoms with Crippen molar-refractivity contribution in [3.63, 3.8) is 0 Å². The SMILES string of the molecule is Cc1ccc2c(c1)=CC(CN1C(=O)c3ccccc3C1=O)C(=O)N=2. The fraction of sp³-hybridized carbons (Fsp3) is 0.158. The second kappa shape index (κ2) is 5.23. The quantitative estimate of drug-likeness (QED) is 0.771. The summed E-state index contributed by atoms with van der Waals surface area (Å²) in [5.41, 5.74) is 1.84. The van der Waals surface area contributed by atoms with Crippen LogP contribution in [0.25, 0.3) is 6.08 Å². The molecule has 0 aliphatic carbocycles. The normalized spacial score (nSPS) is 18.8. The summed E-state index contributed by atoms with van der Waals surface area (Å²) in [5.74, 6) is -1.65. The Kier molecular flexibility index (Phi) is 3.16. The molecule has 1 unspecified atom stereocenters. The third kappa shape index (κ3) is 2.17. The molecule has 3 amide bonds. The highest BCUT2D eigenvalue weighted by atomic mass is 16.2. The number of carbonyl (C=O) groups excluding carboxylic acids is 3. The van der Waals surface area contributed by atoms with Crippen molar-refractivity contribution >= 4 is 23.8 Å². The topological polar surface area (TPSA) is 66.8 Å². The summed E-state index contributed by atoms with van der Waals surface area (Å²) in [6.45, 7) is 1.98. The number of fused-ring (bicyclic) bond motifs is 2. The van der Waals surface area contributed by atoms with Gasteiger partial charge in [0.05, 0.1) is 22.4 Å². The van der Waals surface area contributed by atoms with Crippen LogP contribution in [-0.4, -0.2) is 29.2 Å². The van der Waals surface area contributed by atoms with Gasteiger partial charge in [-0.1, -0.05) is 35.9 Å². The molecule has 0 N–H and O–H groups in total. The summed E-state index contributed by atoms with van der Waals surface area (Å²) < 4.78 is 0. The monoisotopic (exact) mass is 318 g/mol. The number of aryl methyl sites for hydroxylation is 1. The average Bonchev–Trinajstić information content (AvgIpc) is 2.81. The first-order chi connectivity index (χ1) is 11.5. The van der Waals surface area contributed by atoms with E-state index in [0.717, 1.165) is 15.7 Å². The number of hydrogen-bond donors (Lipinski definition) is 0. The van der Waals surface area contributed by atoms with E-state index in [4.69, 9.17) is 0 Å². The predicted molar refractivity (Wildman–Crippen MR) is 86.7 cm³/mol. The van der Waals surface area contributed by atoms with Crippen LogP contribution in [0.4, 0.5) is 0 Å². The zero-order valence-corrected chi connectivity index (χ0v) is 13.0. The third-order valence-electron chi connectivity index (χ3n) is 4.37. The molecular formula is C19H14N2O3. The lowest BCUT2D eigenvalue weighted by Gasteiger charge is -2.19. The van der Waals surface area contributed by atoms with E-state index in [1.165, 1.54) is 0 Å². The zero-order chi connectivity index (χ0) is 16.8. The molecule has 2 aromatic rings. The highest BCUT2D eigenvalue weighted by molar-refractivity contribution is 6.21. The van der Waals surface area contributed by atoms with Crippen molar-refractivity contribution in [1.82, 2.24) is 4.90 Å². The largest absolute Gasteiger partial charge is 0.273 e. The van der Waals surface area contributed by atoms with Gasteiger partial charge in [-0.2, -0.15) is 0 Å². The van der Waals surface area contributed by atoms with Crippen molar-refractivity contribution in [2.75, 3.05) is 6.54 Å². The summed E-state index contributed by atoms with van der Waals surface area (Å²) in [6, 6.07) is 12.3. The molecule has 0 saturated carbocycles. The van der Waals surface area contributed by atoms with E-state index < -0.39 is 5.92 Å². The van der Waals surface area contributed by atoms with Gasteiger partial charge in [0.2, 0.25) is 0 Å². The lowest BCUT2D eigenvalue weighted by atomic mass is 10.0. The molecule has 5 heteroatoms. The highest BCUT2D eigenvalue weighted by Gasteiger charge is 2.37. The number of rotatable bonds is 2. The highest BCUT2D eigenvalue weighted by Crippen LogP contribution is 2.24. The predicted octanol–water partition coefficient (Wildman–Crippen LogP) is 0.848. The number of hydrogen-bond acceptors (Lipinski definition) is 3. The Morgan fingerprint density at radius 1 is 1.00 bits per heavy atom. The molecule has 1 atom stereocenters. The zero-order valence-electron chi connectivity index (χ0n) is 13.0. The maximum Gasteiger partial charge on any atom is 0.261 e. The molecule has 0 fully saturated rings. The van der Waals surface area contributed by atoms with E-state index in [1.54, 1.807) is 36.4 Å². The van der Waals surface area contributed by atoms with E-state index in [9.17, 15) is 14.4 Å². The van der Waals surface area contributed by atoms with Gasteiger partial charge in [0.25, 0.3) is 17.7 Å². The Labute approximate surface area is 137 Å². The van der Waals surface area contributed by atoms with Gasteiger partial charge < -0.3 is 0 Å². The average molecular weight is 318 g/mol. The van der Waals surface area contributed by atoms with Gasteiger partial charge in [-0.3, -0.25) is 19.3 Å². The minimum absolute atomic E-state index is 0.0159. The smallest absolute Gasteiger partial charge is 0.261 e. The Morgan fingerprint density at radius 3 is 2.33 bits per heavy atom. The van der Waals surface area contributed by atoms with E-state index in [-0.39, 0.29) is 24.3 Å². The molecule has 0 bridgehead atoms. The lowest BCUT2D eigenvalue weighted by Crippen LogP contribution is -2.41. The molecule has 0 aromatic heterocycles. The van der Waals surface area contributed by atoms with Crippen LogP contribution >= 0.6 is 0 Å². The number of imide groups is 1. The minimum atomic E-state index is -0.610. The molecule has 2 heterocycles. The molecule has 2 aromatic carbocycles. The van der Waals surface area contributed by atoms with Crippen molar-refractivity contribution in [3.05, 3.63) is 69.7 Å². The minimum Gasteiger partial charge on any atom is -0.273 e. The van der Waals surface area contributed by atoms with Gasteiger partial charge in [0.15, 0.2) is 0 Å². The Balaban J connectivity index is 1.69. The Bertz CT molecular complexity index is 988. The summed E-state index contributed by atoms with van der Waals surface area (Å²) in [5, 5.41) is 1.49. The van der Waals surface area contributed by atoms with Gasteiger partial charge in [-0.05, 0) is 30.3 Å². The first kappa shape index (κ1) is 14.5. The maximum atomic E-state index is 12.4. The van der Waals surface area contributed by atoms with Gasteiger partial charge in [-0.15, -0.1) is 0 Å². The fourth-order valence-electron chi connectivity index (χ4n) is 3.13. The second-order valence-electron chi connectivity index (χ2n) is 6.05. The van der Waals surface area contributed by atoms with E-state index in [2.05, 4.69) is 4.99 Å². The maximum absolute atomic E-state index is 12.4. The molecule has 118 valence electrons.